The number of rotatable bonds is 1. The van der Waals surface area contributed by atoms with Gasteiger partial charge >= 0.3 is 6.18 Å². The van der Waals surface area contributed by atoms with Crippen LogP contribution in [0.25, 0.3) is 0 Å². The van der Waals surface area contributed by atoms with Gasteiger partial charge in [-0.15, -0.1) is 0 Å². The maximum atomic E-state index is 12.2. The van der Waals surface area contributed by atoms with Gasteiger partial charge in [-0.3, -0.25) is 0 Å². The summed E-state index contributed by atoms with van der Waals surface area (Å²) in [5.41, 5.74) is -2.28. The van der Waals surface area contributed by atoms with Crippen LogP contribution in [0.1, 0.15) is 17.6 Å². The minimum absolute atomic E-state index is 0.227. The second-order valence-electron chi connectivity index (χ2n) is 2.70. The van der Waals surface area contributed by atoms with Crippen LogP contribution in [0.3, 0.4) is 0 Å². The van der Waals surface area contributed by atoms with Crippen LogP contribution in [0.4, 0.5) is 22.0 Å². The highest BCUT2D eigenvalue weighted by Crippen LogP contribution is 2.41. The van der Waals surface area contributed by atoms with Gasteiger partial charge in [-0.05, 0) is 28.1 Å². The molecule has 0 bridgehead atoms. The summed E-state index contributed by atoms with van der Waals surface area (Å²) in [6, 6.07) is 0.972. The summed E-state index contributed by atoms with van der Waals surface area (Å²) in [5.74, 6) is -1.09. The summed E-state index contributed by atoms with van der Waals surface area (Å²) < 4.78 is 60.7. The molecule has 0 atom stereocenters. The third kappa shape index (κ3) is 2.58. The second-order valence-corrected chi connectivity index (χ2v) is 3.55. The highest BCUT2D eigenvalue weighted by Gasteiger charge is 2.35. The van der Waals surface area contributed by atoms with Crippen molar-refractivity contribution < 1.29 is 27.1 Å². The van der Waals surface area contributed by atoms with Crippen molar-refractivity contribution in [3.05, 3.63) is 27.7 Å². The Kier molecular flexibility index (Phi) is 3.22. The molecule has 0 aliphatic heterocycles. The average molecular weight is 291 g/mol. The quantitative estimate of drug-likeness (QED) is 0.772. The second kappa shape index (κ2) is 3.96. The maximum Gasteiger partial charge on any atom is 0.420 e. The van der Waals surface area contributed by atoms with E-state index in [1.165, 1.54) is 0 Å². The molecule has 0 unspecified atom stereocenters. The maximum absolute atomic E-state index is 12.2. The Balaban J connectivity index is 3.38. The molecule has 84 valence electrons. The zero-order valence-corrected chi connectivity index (χ0v) is 8.53. The normalized spacial score (nSPS) is 12.2. The number of alkyl halides is 5. The van der Waals surface area contributed by atoms with Gasteiger partial charge in [-0.1, -0.05) is 0 Å². The summed E-state index contributed by atoms with van der Waals surface area (Å²) in [5, 5.41) is 9.03. The van der Waals surface area contributed by atoms with Crippen molar-refractivity contribution in [2.24, 2.45) is 0 Å². The molecule has 0 aromatic heterocycles. The molecule has 7 heteroatoms. The van der Waals surface area contributed by atoms with E-state index in [-0.39, 0.29) is 6.07 Å². The highest BCUT2D eigenvalue weighted by atomic mass is 79.9. The van der Waals surface area contributed by atoms with Gasteiger partial charge in [-0.2, -0.15) is 13.2 Å². The van der Waals surface area contributed by atoms with E-state index < -0.39 is 34.0 Å². The number of phenols is 1. The lowest BCUT2D eigenvalue weighted by molar-refractivity contribution is -0.138. The van der Waals surface area contributed by atoms with Crippen LogP contribution in [-0.2, 0) is 6.18 Å². The molecule has 1 aromatic carbocycles. The zero-order chi connectivity index (χ0) is 11.8. The third-order valence-corrected chi connectivity index (χ3v) is 2.25. The van der Waals surface area contributed by atoms with Crippen LogP contribution in [0, 0.1) is 0 Å². The minimum Gasteiger partial charge on any atom is -0.506 e. The molecule has 0 spiro atoms. The van der Waals surface area contributed by atoms with Crippen LogP contribution in [-0.4, -0.2) is 5.11 Å². The molecule has 1 nitrogen and oxygen atoms in total. The van der Waals surface area contributed by atoms with Crippen LogP contribution < -0.4 is 0 Å². The summed E-state index contributed by atoms with van der Waals surface area (Å²) in [6.07, 6.45) is -7.89. The number of hydrogen-bond acceptors (Lipinski definition) is 1. The number of halogens is 6. The number of aromatic hydroxyl groups is 1. The van der Waals surface area contributed by atoms with Crippen molar-refractivity contribution in [1.29, 1.82) is 0 Å². The first-order valence-electron chi connectivity index (χ1n) is 3.61. The topological polar surface area (TPSA) is 20.2 Å². The van der Waals surface area contributed by atoms with Crippen molar-refractivity contribution in [2.45, 2.75) is 12.6 Å². The zero-order valence-electron chi connectivity index (χ0n) is 6.95. The van der Waals surface area contributed by atoms with E-state index in [0.717, 1.165) is 6.07 Å². The molecule has 0 saturated heterocycles. The van der Waals surface area contributed by atoms with Gasteiger partial charge in [0.25, 0.3) is 6.43 Å². The number of benzene rings is 1. The molecule has 0 aliphatic carbocycles. The number of hydrogen-bond donors (Lipinski definition) is 1. The fraction of sp³-hybridized carbons (Fsp3) is 0.250. The van der Waals surface area contributed by atoms with E-state index in [2.05, 4.69) is 15.9 Å². The van der Waals surface area contributed by atoms with Crippen LogP contribution >= 0.6 is 15.9 Å². The van der Waals surface area contributed by atoms with Crippen molar-refractivity contribution in [3.8, 4) is 5.75 Å². The average Bonchev–Trinajstić information content (AvgIpc) is 2.06. The molecule has 0 aliphatic rings. The monoisotopic (exact) mass is 290 g/mol. The highest BCUT2D eigenvalue weighted by molar-refractivity contribution is 9.10. The first-order chi connectivity index (χ1) is 6.73. The molecule has 0 fully saturated rings. The molecule has 0 saturated carbocycles. The lowest BCUT2D eigenvalue weighted by atomic mass is 10.1. The smallest absolute Gasteiger partial charge is 0.420 e. The van der Waals surface area contributed by atoms with Crippen molar-refractivity contribution in [2.75, 3.05) is 0 Å². The molecular weight excluding hydrogens is 287 g/mol. The van der Waals surface area contributed by atoms with Gasteiger partial charge in [-0.25, -0.2) is 8.78 Å². The SMILES string of the molecule is Oc1c(Br)cc(C(F)F)cc1C(F)(F)F. The van der Waals surface area contributed by atoms with Crippen molar-refractivity contribution in [3.63, 3.8) is 0 Å². The molecule has 1 N–H and O–H groups in total. The third-order valence-electron chi connectivity index (χ3n) is 1.64. The molecule has 0 radical (unpaired) electrons. The summed E-state index contributed by atoms with van der Waals surface area (Å²) in [6.45, 7) is 0. The fourth-order valence-electron chi connectivity index (χ4n) is 0.962. The first-order valence-corrected chi connectivity index (χ1v) is 4.40. The van der Waals surface area contributed by atoms with Gasteiger partial charge in [0, 0.05) is 5.56 Å². The Morgan fingerprint density at radius 3 is 2.13 bits per heavy atom. The fourth-order valence-corrected chi connectivity index (χ4v) is 1.44. The first kappa shape index (κ1) is 12.2. The standard InChI is InChI=1S/C8H4BrF5O/c9-5-2-3(7(10)11)1-4(6(5)15)8(12,13)14/h1-2,7,15H. The molecule has 0 heterocycles. The number of phenolic OH excluding ortho intramolecular Hbond substituents is 1. The summed E-state index contributed by atoms with van der Waals surface area (Å²) in [7, 11) is 0. The van der Waals surface area contributed by atoms with E-state index in [0.29, 0.717) is 0 Å². The predicted molar refractivity (Wildman–Crippen MR) is 45.8 cm³/mol. The van der Waals surface area contributed by atoms with E-state index in [4.69, 9.17) is 5.11 Å². The summed E-state index contributed by atoms with van der Waals surface area (Å²) in [4.78, 5) is 0. The molecule has 1 rings (SSSR count). The van der Waals surface area contributed by atoms with Crippen molar-refractivity contribution >= 4 is 15.9 Å². The lowest BCUT2D eigenvalue weighted by Gasteiger charge is -2.12. The van der Waals surface area contributed by atoms with Gasteiger partial charge in [0.2, 0.25) is 0 Å². The van der Waals surface area contributed by atoms with Crippen LogP contribution in [0.5, 0.6) is 5.75 Å². The molecular formula is C8H4BrF5O. The molecule has 0 amide bonds. The lowest BCUT2D eigenvalue weighted by Crippen LogP contribution is -2.06. The van der Waals surface area contributed by atoms with Gasteiger partial charge in [0.1, 0.15) is 5.75 Å². The van der Waals surface area contributed by atoms with Crippen LogP contribution in [0.2, 0.25) is 0 Å². The van der Waals surface area contributed by atoms with E-state index in [1.54, 1.807) is 0 Å². The Hall–Kier alpha value is -0.850. The molecule has 1 aromatic rings. The van der Waals surface area contributed by atoms with Crippen LogP contribution in [0.15, 0.2) is 16.6 Å². The van der Waals surface area contributed by atoms with Gasteiger partial charge in [0.15, 0.2) is 0 Å². The van der Waals surface area contributed by atoms with Crippen molar-refractivity contribution in [1.82, 2.24) is 0 Å². The summed E-state index contributed by atoms with van der Waals surface area (Å²) >= 11 is 2.57. The van der Waals surface area contributed by atoms with Gasteiger partial charge < -0.3 is 5.11 Å². The Bertz CT molecular complexity index is 374. The van der Waals surface area contributed by atoms with E-state index in [1.807, 2.05) is 0 Å². The predicted octanol–water partition coefficient (Wildman–Crippen LogP) is 4.11. The Morgan fingerprint density at radius 2 is 1.73 bits per heavy atom. The van der Waals surface area contributed by atoms with Gasteiger partial charge in [0.05, 0.1) is 10.0 Å². The largest absolute Gasteiger partial charge is 0.506 e. The van der Waals surface area contributed by atoms with E-state index in [9.17, 15) is 22.0 Å². The van der Waals surface area contributed by atoms with E-state index >= 15 is 0 Å². The Morgan fingerprint density at radius 1 is 1.20 bits per heavy atom. The minimum atomic E-state index is -4.86. The Labute approximate surface area is 89.7 Å². The molecule has 15 heavy (non-hydrogen) atoms.